The summed E-state index contributed by atoms with van der Waals surface area (Å²) < 4.78 is 10.6. The van der Waals surface area contributed by atoms with Gasteiger partial charge in [-0.25, -0.2) is 0 Å². The Kier molecular flexibility index (Phi) is 6.63. The SMILES string of the molecule is COCCCOc1ccc(C(CC(=O)O)c2ccccc2)cc1. The zero-order chi connectivity index (χ0) is 16.5. The second kappa shape index (κ2) is 8.96. The maximum atomic E-state index is 11.2. The van der Waals surface area contributed by atoms with E-state index in [1.165, 1.54) is 0 Å². The maximum Gasteiger partial charge on any atom is 0.304 e. The molecule has 0 fully saturated rings. The first-order valence-electron chi connectivity index (χ1n) is 7.69. The average Bonchev–Trinajstić information content (AvgIpc) is 2.58. The summed E-state index contributed by atoms with van der Waals surface area (Å²) in [6.07, 6.45) is 0.905. The zero-order valence-electron chi connectivity index (χ0n) is 13.3. The number of carboxylic acids is 1. The molecule has 2 rings (SSSR count). The quantitative estimate of drug-likeness (QED) is 0.717. The molecule has 4 nitrogen and oxygen atoms in total. The highest BCUT2D eigenvalue weighted by Gasteiger charge is 2.17. The van der Waals surface area contributed by atoms with Gasteiger partial charge in [0, 0.05) is 26.1 Å². The van der Waals surface area contributed by atoms with Crippen molar-refractivity contribution in [1.82, 2.24) is 0 Å². The molecule has 2 aromatic rings. The summed E-state index contributed by atoms with van der Waals surface area (Å²) in [4.78, 5) is 11.2. The van der Waals surface area contributed by atoms with Crippen LogP contribution in [0.25, 0.3) is 0 Å². The predicted molar refractivity (Wildman–Crippen MR) is 89.0 cm³/mol. The standard InChI is InChI=1S/C19H22O4/c1-22-12-5-13-23-17-10-8-16(9-11-17)18(14-19(20)21)15-6-3-2-4-7-15/h2-4,6-11,18H,5,12-14H2,1H3,(H,20,21). The van der Waals surface area contributed by atoms with Gasteiger partial charge in [0.15, 0.2) is 0 Å². The molecule has 0 radical (unpaired) electrons. The van der Waals surface area contributed by atoms with Crippen LogP contribution in [0.5, 0.6) is 5.75 Å². The molecule has 0 spiro atoms. The van der Waals surface area contributed by atoms with Gasteiger partial charge in [0.1, 0.15) is 5.75 Å². The van der Waals surface area contributed by atoms with Crippen LogP contribution in [0.1, 0.15) is 29.9 Å². The Morgan fingerprint density at radius 1 is 1.00 bits per heavy atom. The third-order valence-corrected chi connectivity index (χ3v) is 3.62. The number of aliphatic carboxylic acids is 1. The number of benzene rings is 2. The Morgan fingerprint density at radius 3 is 2.26 bits per heavy atom. The fraction of sp³-hybridized carbons (Fsp3) is 0.316. The molecule has 1 unspecified atom stereocenters. The van der Waals surface area contributed by atoms with Crippen LogP contribution in [0.15, 0.2) is 54.6 Å². The van der Waals surface area contributed by atoms with Crippen LogP contribution in [0.3, 0.4) is 0 Å². The van der Waals surface area contributed by atoms with Crippen molar-refractivity contribution in [2.75, 3.05) is 20.3 Å². The maximum absolute atomic E-state index is 11.2. The molecule has 0 amide bonds. The van der Waals surface area contributed by atoms with E-state index in [-0.39, 0.29) is 12.3 Å². The lowest BCUT2D eigenvalue weighted by molar-refractivity contribution is -0.137. The van der Waals surface area contributed by atoms with E-state index in [0.29, 0.717) is 13.2 Å². The van der Waals surface area contributed by atoms with Crippen LogP contribution >= 0.6 is 0 Å². The molecule has 0 heterocycles. The molecule has 1 N–H and O–H groups in total. The van der Waals surface area contributed by atoms with Crippen LogP contribution in [-0.4, -0.2) is 31.4 Å². The van der Waals surface area contributed by atoms with E-state index >= 15 is 0 Å². The van der Waals surface area contributed by atoms with Crippen molar-refractivity contribution in [3.8, 4) is 5.75 Å². The van der Waals surface area contributed by atoms with Crippen molar-refractivity contribution in [3.63, 3.8) is 0 Å². The first kappa shape index (κ1) is 17.0. The van der Waals surface area contributed by atoms with Gasteiger partial charge in [-0.3, -0.25) is 4.79 Å². The summed E-state index contributed by atoms with van der Waals surface area (Å²) in [5.41, 5.74) is 1.98. The number of ether oxygens (including phenoxy) is 2. The van der Waals surface area contributed by atoms with E-state index in [1.807, 2.05) is 54.6 Å². The predicted octanol–water partition coefficient (Wildman–Crippen LogP) is 3.71. The van der Waals surface area contributed by atoms with Crippen LogP contribution in [-0.2, 0) is 9.53 Å². The Labute approximate surface area is 136 Å². The van der Waals surface area contributed by atoms with Crippen molar-refractivity contribution in [2.45, 2.75) is 18.8 Å². The summed E-state index contributed by atoms with van der Waals surface area (Å²) in [7, 11) is 1.67. The Balaban J connectivity index is 2.08. The third kappa shape index (κ3) is 5.42. The first-order chi connectivity index (χ1) is 11.2. The number of hydrogen-bond donors (Lipinski definition) is 1. The molecule has 0 saturated heterocycles. The molecule has 0 aliphatic heterocycles. The van der Waals surface area contributed by atoms with Crippen LogP contribution < -0.4 is 4.74 Å². The summed E-state index contributed by atoms with van der Waals surface area (Å²) in [6.45, 7) is 1.28. The molecule has 0 aliphatic carbocycles. The van der Waals surface area contributed by atoms with Gasteiger partial charge in [0.05, 0.1) is 13.0 Å². The lowest BCUT2D eigenvalue weighted by Gasteiger charge is -2.16. The smallest absolute Gasteiger partial charge is 0.304 e. The number of carboxylic acid groups (broad SMARTS) is 1. The van der Waals surface area contributed by atoms with Gasteiger partial charge >= 0.3 is 5.97 Å². The van der Waals surface area contributed by atoms with Crippen LogP contribution in [0.4, 0.5) is 0 Å². The number of rotatable bonds is 9. The number of methoxy groups -OCH3 is 1. The largest absolute Gasteiger partial charge is 0.494 e. The van der Waals surface area contributed by atoms with Crippen molar-refractivity contribution in [3.05, 3.63) is 65.7 Å². The van der Waals surface area contributed by atoms with Gasteiger partial charge in [0.2, 0.25) is 0 Å². The summed E-state index contributed by atoms with van der Waals surface area (Å²) in [5.74, 6) is -0.179. The zero-order valence-corrected chi connectivity index (χ0v) is 13.3. The van der Waals surface area contributed by atoms with Gasteiger partial charge in [-0.2, -0.15) is 0 Å². The molecule has 0 aromatic heterocycles. The van der Waals surface area contributed by atoms with Gasteiger partial charge in [0.25, 0.3) is 0 Å². The van der Waals surface area contributed by atoms with Crippen molar-refractivity contribution >= 4 is 5.97 Å². The van der Waals surface area contributed by atoms with E-state index in [4.69, 9.17) is 9.47 Å². The van der Waals surface area contributed by atoms with E-state index < -0.39 is 5.97 Å². The minimum Gasteiger partial charge on any atom is -0.494 e. The van der Waals surface area contributed by atoms with E-state index in [1.54, 1.807) is 7.11 Å². The highest BCUT2D eigenvalue weighted by molar-refractivity contribution is 5.69. The molecule has 0 saturated carbocycles. The minimum absolute atomic E-state index is 0.0675. The van der Waals surface area contributed by atoms with E-state index in [2.05, 4.69) is 0 Å². The normalized spacial score (nSPS) is 11.9. The second-order valence-corrected chi connectivity index (χ2v) is 5.32. The van der Waals surface area contributed by atoms with Gasteiger partial charge in [-0.1, -0.05) is 42.5 Å². The number of carbonyl (C=O) groups is 1. The molecular formula is C19H22O4. The Bertz CT molecular complexity index is 593. The third-order valence-electron chi connectivity index (χ3n) is 3.62. The van der Waals surface area contributed by atoms with E-state index in [0.717, 1.165) is 23.3 Å². The average molecular weight is 314 g/mol. The lowest BCUT2D eigenvalue weighted by atomic mass is 9.88. The molecular weight excluding hydrogens is 292 g/mol. The van der Waals surface area contributed by atoms with Gasteiger partial charge in [-0.15, -0.1) is 0 Å². The molecule has 1 atom stereocenters. The second-order valence-electron chi connectivity index (χ2n) is 5.32. The molecule has 122 valence electrons. The highest BCUT2D eigenvalue weighted by atomic mass is 16.5. The van der Waals surface area contributed by atoms with Crippen molar-refractivity contribution < 1.29 is 19.4 Å². The summed E-state index contributed by atoms with van der Waals surface area (Å²) in [6, 6.07) is 17.4. The molecule has 23 heavy (non-hydrogen) atoms. The van der Waals surface area contributed by atoms with Crippen molar-refractivity contribution in [2.24, 2.45) is 0 Å². The molecule has 4 heteroatoms. The Morgan fingerprint density at radius 2 is 1.65 bits per heavy atom. The van der Waals surface area contributed by atoms with E-state index in [9.17, 15) is 9.90 Å². The summed E-state index contributed by atoms with van der Waals surface area (Å²) in [5, 5.41) is 9.19. The fourth-order valence-corrected chi connectivity index (χ4v) is 2.48. The topological polar surface area (TPSA) is 55.8 Å². The van der Waals surface area contributed by atoms with Crippen molar-refractivity contribution in [1.29, 1.82) is 0 Å². The summed E-state index contributed by atoms with van der Waals surface area (Å²) >= 11 is 0. The monoisotopic (exact) mass is 314 g/mol. The van der Waals surface area contributed by atoms with Crippen LogP contribution in [0.2, 0.25) is 0 Å². The van der Waals surface area contributed by atoms with Gasteiger partial charge < -0.3 is 14.6 Å². The lowest BCUT2D eigenvalue weighted by Crippen LogP contribution is -2.08. The number of hydrogen-bond acceptors (Lipinski definition) is 3. The van der Waals surface area contributed by atoms with Crippen LogP contribution in [0, 0.1) is 0 Å². The first-order valence-corrected chi connectivity index (χ1v) is 7.69. The fourth-order valence-electron chi connectivity index (χ4n) is 2.48. The highest BCUT2D eigenvalue weighted by Crippen LogP contribution is 2.29. The molecule has 2 aromatic carbocycles. The molecule has 0 bridgehead atoms. The molecule has 0 aliphatic rings. The van der Waals surface area contributed by atoms with Gasteiger partial charge in [-0.05, 0) is 23.3 Å². The minimum atomic E-state index is -0.807. The Hall–Kier alpha value is -2.33.